The molecule has 33 heavy (non-hydrogen) atoms. The van der Waals surface area contributed by atoms with Gasteiger partial charge in [-0.15, -0.1) is 0 Å². The van der Waals surface area contributed by atoms with Gasteiger partial charge in [-0.25, -0.2) is 0 Å². The van der Waals surface area contributed by atoms with E-state index in [0.29, 0.717) is 31.0 Å². The van der Waals surface area contributed by atoms with Crippen LogP contribution in [0, 0.1) is 6.92 Å². The topological polar surface area (TPSA) is 73.3 Å². The number of carbonyl (C=O) groups excluding carboxylic acids is 2. The molecule has 0 saturated carbocycles. The fourth-order valence-electron chi connectivity index (χ4n) is 4.02. The fraction of sp³-hybridized carbons (Fsp3) is 0.385. The minimum Gasteiger partial charge on any atom is -0.507 e. The van der Waals surface area contributed by atoms with Gasteiger partial charge in [0.2, 0.25) is 0 Å². The summed E-state index contributed by atoms with van der Waals surface area (Å²) in [5.41, 5.74) is 3.18. The van der Waals surface area contributed by atoms with Crippen LogP contribution in [0.25, 0.3) is 5.76 Å². The number of aliphatic hydroxyl groups excluding tert-OH is 1. The summed E-state index contributed by atoms with van der Waals surface area (Å²) >= 11 is 0. The number of amides is 1. The highest BCUT2D eigenvalue weighted by Crippen LogP contribution is 2.40. The van der Waals surface area contributed by atoms with Gasteiger partial charge in [0.15, 0.2) is 0 Å². The lowest BCUT2D eigenvalue weighted by Crippen LogP contribution is -2.35. The van der Waals surface area contributed by atoms with Crippen molar-refractivity contribution in [3.8, 4) is 5.75 Å². The molecule has 1 fully saturated rings. The molecule has 3 rings (SSSR count). The first-order valence-electron chi connectivity index (χ1n) is 11.1. The zero-order valence-corrected chi connectivity index (χ0v) is 20.3. The molecule has 1 N–H and O–H groups in total. The highest BCUT2D eigenvalue weighted by atomic mass is 16.5. The molecule has 1 unspecified atom stereocenters. The number of anilines is 1. The number of nitrogens with zero attached hydrogens (tertiary/aromatic N) is 3. The van der Waals surface area contributed by atoms with E-state index in [-0.39, 0.29) is 11.3 Å². The van der Waals surface area contributed by atoms with E-state index in [0.717, 1.165) is 16.8 Å². The molecule has 0 bridgehead atoms. The SMILES string of the molecule is CCOc1ccc(C(O)=C2C(=O)C(=O)N(CCN(C)C)C2c2ccc(N(C)C)cc2)c(C)c1. The van der Waals surface area contributed by atoms with E-state index in [4.69, 9.17) is 4.74 Å². The van der Waals surface area contributed by atoms with Crippen molar-refractivity contribution in [2.45, 2.75) is 19.9 Å². The van der Waals surface area contributed by atoms with Crippen molar-refractivity contribution >= 4 is 23.1 Å². The van der Waals surface area contributed by atoms with E-state index in [1.165, 1.54) is 0 Å². The van der Waals surface area contributed by atoms with Gasteiger partial charge < -0.3 is 24.5 Å². The van der Waals surface area contributed by atoms with Crippen LogP contribution in [0.4, 0.5) is 5.69 Å². The summed E-state index contributed by atoms with van der Waals surface area (Å²) in [6.45, 7) is 5.25. The standard InChI is InChI=1S/C26H33N3O4/c1-7-33-20-12-13-21(17(2)16-20)24(30)22-23(18-8-10-19(11-9-18)28(5)6)29(15-14-27(3)4)26(32)25(22)31/h8-13,16,23,30H,7,14-15H2,1-6H3. The average Bonchev–Trinajstić information content (AvgIpc) is 3.02. The number of aliphatic hydroxyl groups is 1. The van der Waals surface area contributed by atoms with E-state index >= 15 is 0 Å². The second-order valence-electron chi connectivity index (χ2n) is 8.69. The molecule has 7 nitrogen and oxygen atoms in total. The van der Waals surface area contributed by atoms with Gasteiger partial charge >= 0.3 is 0 Å². The number of aryl methyl sites for hydroxylation is 1. The second-order valence-corrected chi connectivity index (χ2v) is 8.69. The normalized spacial score (nSPS) is 17.7. The van der Waals surface area contributed by atoms with E-state index in [1.54, 1.807) is 17.0 Å². The first kappa shape index (κ1) is 24.3. The highest BCUT2D eigenvalue weighted by molar-refractivity contribution is 6.46. The van der Waals surface area contributed by atoms with Crippen LogP contribution in [0.15, 0.2) is 48.0 Å². The van der Waals surface area contributed by atoms with Crippen LogP contribution in [-0.4, -0.2) is 74.5 Å². The third-order valence-electron chi connectivity index (χ3n) is 5.82. The lowest BCUT2D eigenvalue weighted by atomic mass is 9.93. The molecule has 1 aliphatic heterocycles. The third kappa shape index (κ3) is 5.03. The Kier molecular flexibility index (Phi) is 7.43. The van der Waals surface area contributed by atoms with Gasteiger partial charge in [0.1, 0.15) is 11.5 Å². The number of rotatable bonds is 8. The summed E-state index contributed by atoms with van der Waals surface area (Å²) in [6.07, 6.45) is 0. The number of hydrogen-bond donors (Lipinski definition) is 1. The Labute approximate surface area is 195 Å². The van der Waals surface area contributed by atoms with Crippen LogP contribution < -0.4 is 9.64 Å². The maximum Gasteiger partial charge on any atom is 0.295 e. The van der Waals surface area contributed by atoms with Gasteiger partial charge in [-0.3, -0.25) is 9.59 Å². The number of carbonyl (C=O) groups is 2. The maximum absolute atomic E-state index is 13.2. The van der Waals surface area contributed by atoms with Crippen molar-refractivity contribution in [1.29, 1.82) is 0 Å². The zero-order valence-electron chi connectivity index (χ0n) is 20.3. The van der Waals surface area contributed by atoms with E-state index in [1.807, 2.05) is 82.2 Å². The number of ketones is 1. The minimum absolute atomic E-state index is 0.114. The Morgan fingerprint density at radius 1 is 1.06 bits per heavy atom. The number of ether oxygens (including phenoxy) is 1. The summed E-state index contributed by atoms with van der Waals surface area (Å²) in [5.74, 6) is -0.735. The Balaban J connectivity index is 2.13. The first-order chi connectivity index (χ1) is 15.6. The monoisotopic (exact) mass is 451 g/mol. The average molecular weight is 452 g/mol. The van der Waals surface area contributed by atoms with Crippen LogP contribution in [0.5, 0.6) is 5.75 Å². The molecular weight excluding hydrogens is 418 g/mol. The summed E-state index contributed by atoms with van der Waals surface area (Å²) in [7, 11) is 7.74. The lowest BCUT2D eigenvalue weighted by Gasteiger charge is -2.27. The Bertz CT molecular complexity index is 1060. The zero-order chi connectivity index (χ0) is 24.3. The van der Waals surface area contributed by atoms with E-state index in [2.05, 4.69) is 0 Å². The molecule has 1 saturated heterocycles. The number of hydrogen-bond acceptors (Lipinski definition) is 6. The Hall–Kier alpha value is -3.32. The van der Waals surface area contributed by atoms with E-state index in [9.17, 15) is 14.7 Å². The molecule has 0 aliphatic carbocycles. The Morgan fingerprint density at radius 3 is 2.27 bits per heavy atom. The van der Waals surface area contributed by atoms with Gasteiger partial charge in [-0.1, -0.05) is 12.1 Å². The minimum atomic E-state index is -0.666. The molecule has 2 aromatic carbocycles. The molecule has 176 valence electrons. The molecule has 0 radical (unpaired) electrons. The van der Waals surface area contributed by atoms with Gasteiger partial charge in [0.05, 0.1) is 18.2 Å². The summed E-state index contributed by atoms with van der Waals surface area (Å²) in [4.78, 5) is 31.7. The van der Waals surface area contributed by atoms with Crippen LogP contribution in [0.2, 0.25) is 0 Å². The summed E-state index contributed by atoms with van der Waals surface area (Å²) in [5, 5.41) is 11.3. The van der Waals surface area contributed by atoms with Crippen molar-refractivity contribution < 1.29 is 19.4 Å². The fourth-order valence-corrected chi connectivity index (χ4v) is 4.02. The number of Topliss-reactive ketones (excluding diaryl/α,β-unsaturated/α-hetero) is 1. The number of benzene rings is 2. The largest absolute Gasteiger partial charge is 0.507 e. The molecule has 7 heteroatoms. The summed E-state index contributed by atoms with van der Waals surface area (Å²) in [6, 6.07) is 12.4. The van der Waals surface area contributed by atoms with Gasteiger partial charge in [-0.2, -0.15) is 0 Å². The number of likely N-dealkylation sites (N-methyl/N-ethyl adjacent to an activating group) is 1. The van der Waals surface area contributed by atoms with Gasteiger partial charge in [-0.05, 0) is 69.4 Å². The molecule has 0 spiro atoms. The van der Waals surface area contributed by atoms with Crippen molar-refractivity contribution in [1.82, 2.24) is 9.80 Å². The van der Waals surface area contributed by atoms with E-state index < -0.39 is 17.7 Å². The third-order valence-corrected chi connectivity index (χ3v) is 5.82. The quantitative estimate of drug-likeness (QED) is 0.377. The molecule has 1 heterocycles. The van der Waals surface area contributed by atoms with Crippen LogP contribution >= 0.6 is 0 Å². The van der Waals surface area contributed by atoms with Crippen molar-refractivity contribution in [2.75, 3.05) is 52.8 Å². The molecule has 1 aliphatic rings. The predicted octanol–water partition coefficient (Wildman–Crippen LogP) is 3.44. The van der Waals surface area contributed by atoms with Crippen LogP contribution in [-0.2, 0) is 9.59 Å². The molecular formula is C26H33N3O4. The highest BCUT2D eigenvalue weighted by Gasteiger charge is 2.46. The maximum atomic E-state index is 13.2. The molecule has 2 aromatic rings. The summed E-state index contributed by atoms with van der Waals surface area (Å²) < 4.78 is 5.54. The second kappa shape index (κ2) is 10.1. The lowest BCUT2D eigenvalue weighted by molar-refractivity contribution is -0.140. The molecule has 0 aromatic heterocycles. The van der Waals surface area contributed by atoms with Gasteiger partial charge in [0, 0.05) is 38.4 Å². The van der Waals surface area contributed by atoms with Gasteiger partial charge in [0.25, 0.3) is 11.7 Å². The predicted molar refractivity (Wildman–Crippen MR) is 131 cm³/mol. The van der Waals surface area contributed by atoms with Crippen LogP contribution in [0.1, 0.15) is 29.7 Å². The van der Waals surface area contributed by atoms with Crippen molar-refractivity contribution in [3.63, 3.8) is 0 Å². The first-order valence-corrected chi connectivity index (χ1v) is 11.1. The number of likely N-dealkylation sites (tertiary alicyclic amines) is 1. The molecule has 1 amide bonds. The van der Waals surface area contributed by atoms with Crippen LogP contribution in [0.3, 0.4) is 0 Å². The smallest absolute Gasteiger partial charge is 0.295 e. The van der Waals surface area contributed by atoms with Crippen molar-refractivity contribution in [3.05, 3.63) is 64.7 Å². The van der Waals surface area contributed by atoms with Crippen molar-refractivity contribution in [2.24, 2.45) is 0 Å². The Morgan fingerprint density at radius 2 is 1.73 bits per heavy atom. The molecule has 1 atom stereocenters.